The molecule has 1 saturated heterocycles. The van der Waals surface area contributed by atoms with Crippen molar-refractivity contribution in [1.82, 2.24) is 4.90 Å². The van der Waals surface area contributed by atoms with Crippen LogP contribution in [0.2, 0.25) is 0 Å². The van der Waals surface area contributed by atoms with Crippen LogP contribution in [0.3, 0.4) is 0 Å². The number of rotatable bonds is 7. The van der Waals surface area contributed by atoms with E-state index in [1.54, 1.807) is 14.2 Å². The lowest BCUT2D eigenvalue weighted by Gasteiger charge is -2.45. The van der Waals surface area contributed by atoms with Crippen LogP contribution >= 0.6 is 0 Å². The van der Waals surface area contributed by atoms with E-state index in [0.29, 0.717) is 13.0 Å². The molecule has 0 aromatic heterocycles. The van der Waals surface area contributed by atoms with Crippen molar-refractivity contribution >= 4 is 0 Å². The monoisotopic (exact) mass is 323 g/mol. The first kappa shape index (κ1) is 18.0. The van der Waals surface area contributed by atoms with Crippen molar-refractivity contribution in [2.75, 3.05) is 33.9 Å². The second-order valence-corrected chi connectivity index (χ2v) is 6.51. The quantitative estimate of drug-likeness (QED) is 0.804. The third kappa shape index (κ3) is 4.16. The Kier molecular flexibility index (Phi) is 6.27. The predicted molar refractivity (Wildman–Crippen MR) is 89.9 cm³/mol. The van der Waals surface area contributed by atoms with Crippen molar-refractivity contribution in [3.8, 4) is 11.5 Å². The molecule has 2 rings (SSSR count). The zero-order chi connectivity index (χ0) is 16.9. The molecule has 0 bridgehead atoms. The fraction of sp³-hybridized carbons (Fsp3) is 0.667. The predicted octanol–water partition coefficient (Wildman–Crippen LogP) is 2.05. The minimum absolute atomic E-state index is 0.0277. The van der Waals surface area contributed by atoms with Gasteiger partial charge in [0.25, 0.3) is 0 Å². The van der Waals surface area contributed by atoms with Crippen molar-refractivity contribution in [2.24, 2.45) is 5.41 Å². The molecule has 1 aliphatic heterocycles. The fourth-order valence-corrected chi connectivity index (χ4v) is 3.57. The van der Waals surface area contributed by atoms with Crippen LogP contribution in [-0.4, -0.2) is 55.1 Å². The van der Waals surface area contributed by atoms with Gasteiger partial charge < -0.3 is 19.7 Å². The maximum atomic E-state index is 10.4. The highest BCUT2D eigenvalue weighted by Gasteiger charge is 2.41. The molecule has 2 N–H and O–H groups in total. The number of nitrogens with zero attached hydrogens (tertiary/aromatic N) is 1. The second-order valence-electron chi connectivity index (χ2n) is 6.51. The van der Waals surface area contributed by atoms with E-state index in [4.69, 9.17) is 9.47 Å². The third-order valence-electron chi connectivity index (χ3n) is 4.84. The van der Waals surface area contributed by atoms with Gasteiger partial charge in [-0.15, -0.1) is 0 Å². The number of aliphatic hydroxyl groups is 2. The molecule has 1 aliphatic rings. The van der Waals surface area contributed by atoms with Crippen LogP contribution in [0.1, 0.15) is 31.7 Å². The van der Waals surface area contributed by atoms with Crippen molar-refractivity contribution in [2.45, 2.75) is 38.8 Å². The molecule has 1 fully saturated rings. The van der Waals surface area contributed by atoms with Gasteiger partial charge in [0, 0.05) is 31.1 Å². The van der Waals surface area contributed by atoms with Crippen molar-refractivity contribution < 1.29 is 19.7 Å². The topological polar surface area (TPSA) is 62.2 Å². The summed E-state index contributed by atoms with van der Waals surface area (Å²) in [4.78, 5) is 2.30. The van der Waals surface area contributed by atoms with Crippen LogP contribution in [0, 0.1) is 5.41 Å². The SMILES string of the molecule is CCC[C@@]1(CO)CN(Cc2cc(OC)cc(OC)c2)CC[C@H]1O. The average Bonchev–Trinajstić information content (AvgIpc) is 2.57. The smallest absolute Gasteiger partial charge is 0.122 e. The van der Waals surface area contributed by atoms with E-state index < -0.39 is 11.5 Å². The van der Waals surface area contributed by atoms with Gasteiger partial charge >= 0.3 is 0 Å². The van der Waals surface area contributed by atoms with Crippen LogP contribution in [0.4, 0.5) is 0 Å². The lowest BCUT2D eigenvalue weighted by atomic mass is 9.74. The maximum Gasteiger partial charge on any atom is 0.122 e. The number of hydrogen-bond donors (Lipinski definition) is 2. The minimum atomic E-state index is -0.427. The molecule has 0 spiro atoms. The standard InChI is InChI=1S/C18H29NO4/c1-4-6-18(13-20)12-19(7-5-17(18)21)11-14-8-15(22-2)10-16(9-14)23-3/h8-10,17,20-21H,4-7,11-13H2,1-3H3/t17-,18+/m1/s1. The lowest BCUT2D eigenvalue weighted by molar-refractivity contribution is -0.0819. The van der Waals surface area contributed by atoms with Crippen molar-refractivity contribution in [3.05, 3.63) is 23.8 Å². The highest BCUT2D eigenvalue weighted by molar-refractivity contribution is 5.38. The zero-order valence-electron chi connectivity index (χ0n) is 14.4. The van der Waals surface area contributed by atoms with Gasteiger partial charge in [-0.1, -0.05) is 13.3 Å². The number of methoxy groups -OCH3 is 2. The number of hydrogen-bond acceptors (Lipinski definition) is 5. The molecule has 1 heterocycles. The molecule has 0 aliphatic carbocycles. The molecule has 130 valence electrons. The van der Waals surface area contributed by atoms with Crippen LogP contribution < -0.4 is 9.47 Å². The summed E-state index contributed by atoms with van der Waals surface area (Å²) in [5, 5.41) is 20.2. The lowest BCUT2D eigenvalue weighted by Crippen LogP contribution is -2.53. The summed E-state index contributed by atoms with van der Waals surface area (Å²) in [7, 11) is 3.29. The first-order chi connectivity index (χ1) is 11.1. The van der Waals surface area contributed by atoms with Gasteiger partial charge in [-0.05, 0) is 30.5 Å². The Balaban J connectivity index is 2.14. The Labute approximate surface area is 138 Å². The van der Waals surface area contributed by atoms with Crippen LogP contribution in [-0.2, 0) is 6.54 Å². The molecular weight excluding hydrogens is 294 g/mol. The second kappa shape index (κ2) is 7.99. The number of aliphatic hydroxyl groups excluding tert-OH is 2. The summed E-state index contributed by atoms with van der Waals surface area (Å²) in [5.74, 6) is 1.55. The van der Waals surface area contributed by atoms with Crippen LogP contribution in [0.15, 0.2) is 18.2 Å². The summed E-state index contributed by atoms with van der Waals surface area (Å²) in [5.41, 5.74) is 0.705. The largest absolute Gasteiger partial charge is 0.497 e. The third-order valence-corrected chi connectivity index (χ3v) is 4.84. The Bertz CT molecular complexity index is 486. The highest BCUT2D eigenvalue weighted by atomic mass is 16.5. The molecule has 5 nitrogen and oxygen atoms in total. The van der Waals surface area contributed by atoms with E-state index in [-0.39, 0.29) is 6.61 Å². The molecule has 0 unspecified atom stereocenters. The minimum Gasteiger partial charge on any atom is -0.497 e. The van der Waals surface area contributed by atoms with Gasteiger partial charge in [-0.25, -0.2) is 0 Å². The molecule has 0 saturated carbocycles. The summed E-state index contributed by atoms with van der Waals surface area (Å²) in [6, 6.07) is 5.88. The summed E-state index contributed by atoms with van der Waals surface area (Å²) >= 11 is 0. The molecule has 1 aromatic carbocycles. The molecule has 0 radical (unpaired) electrons. The van der Waals surface area contributed by atoms with Gasteiger partial charge in [-0.2, -0.15) is 0 Å². The number of likely N-dealkylation sites (tertiary alicyclic amines) is 1. The number of benzene rings is 1. The van der Waals surface area contributed by atoms with Crippen molar-refractivity contribution in [1.29, 1.82) is 0 Å². The molecule has 1 aromatic rings. The first-order valence-electron chi connectivity index (χ1n) is 8.30. The van der Waals surface area contributed by atoms with Gasteiger partial charge in [0.2, 0.25) is 0 Å². The average molecular weight is 323 g/mol. The van der Waals surface area contributed by atoms with Crippen LogP contribution in [0.5, 0.6) is 11.5 Å². The summed E-state index contributed by atoms with van der Waals surface area (Å²) in [6.07, 6.45) is 2.06. The van der Waals surface area contributed by atoms with E-state index in [2.05, 4.69) is 11.8 Å². The molecule has 0 amide bonds. The van der Waals surface area contributed by atoms with Gasteiger partial charge in [-0.3, -0.25) is 4.90 Å². The number of ether oxygens (including phenoxy) is 2. The van der Waals surface area contributed by atoms with E-state index in [9.17, 15) is 10.2 Å². The van der Waals surface area contributed by atoms with Gasteiger partial charge in [0.05, 0.1) is 26.9 Å². The van der Waals surface area contributed by atoms with E-state index in [1.165, 1.54) is 0 Å². The number of piperidine rings is 1. The maximum absolute atomic E-state index is 10.4. The normalized spacial score (nSPS) is 25.3. The van der Waals surface area contributed by atoms with E-state index >= 15 is 0 Å². The first-order valence-corrected chi connectivity index (χ1v) is 8.30. The summed E-state index contributed by atoms with van der Waals surface area (Å²) < 4.78 is 10.7. The molecule has 5 heteroatoms. The van der Waals surface area contributed by atoms with Crippen molar-refractivity contribution in [3.63, 3.8) is 0 Å². The summed E-state index contributed by atoms with van der Waals surface area (Å²) in [6.45, 7) is 4.41. The van der Waals surface area contributed by atoms with Gasteiger partial charge in [0.1, 0.15) is 11.5 Å². The molecule has 23 heavy (non-hydrogen) atoms. The van der Waals surface area contributed by atoms with E-state index in [0.717, 1.165) is 43.0 Å². The molecular formula is C18H29NO4. The zero-order valence-corrected chi connectivity index (χ0v) is 14.4. The van der Waals surface area contributed by atoms with Crippen LogP contribution in [0.25, 0.3) is 0 Å². The fourth-order valence-electron chi connectivity index (χ4n) is 3.57. The molecule has 2 atom stereocenters. The van der Waals surface area contributed by atoms with Gasteiger partial charge in [0.15, 0.2) is 0 Å². The Morgan fingerprint density at radius 3 is 2.39 bits per heavy atom. The Morgan fingerprint density at radius 2 is 1.87 bits per heavy atom. The Morgan fingerprint density at radius 1 is 1.22 bits per heavy atom. The highest BCUT2D eigenvalue weighted by Crippen LogP contribution is 2.35. The Hall–Kier alpha value is -1.30. The van der Waals surface area contributed by atoms with E-state index in [1.807, 2.05) is 18.2 Å².